The van der Waals surface area contributed by atoms with E-state index < -0.39 is 0 Å². The van der Waals surface area contributed by atoms with Crippen molar-refractivity contribution in [2.75, 3.05) is 17.7 Å². The zero-order valence-electron chi connectivity index (χ0n) is 18.2. The number of benzene rings is 2. The van der Waals surface area contributed by atoms with Gasteiger partial charge in [0.2, 0.25) is 0 Å². The molecular formula is C24H27FN4O2. The standard InChI is InChI=1S/C24H27FN4O2/c1-24(2,3)23-28-20(15-31-4)13-21(29-23)26-14-16-5-7-17(8-6-16)22(30)27-19-11-9-18(25)10-12-19/h5-13H,14-15H2,1-4H3,(H,27,30)(H,26,28,29). The molecule has 0 saturated carbocycles. The quantitative estimate of drug-likeness (QED) is 0.565. The van der Waals surface area contributed by atoms with Crippen LogP contribution in [-0.2, 0) is 23.3 Å². The summed E-state index contributed by atoms with van der Waals surface area (Å²) in [5, 5.41) is 6.07. The number of hydrogen-bond acceptors (Lipinski definition) is 5. The summed E-state index contributed by atoms with van der Waals surface area (Å²) in [6.07, 6.45) is 0. The minimum atomic E-state index is -0.345. The van der Waals surface area contributed by atoms with Gasteiger partial charge in [0.05, 0.1) is 12.3 Å². The number of carbonyl (C=O) groups excluding carboxylic acids is 1. The summed E-state index contributed by atoms with van der Waals surface area (Å²) in [5.74, 6) is 0.880. The molecule has 162 valence electrons. The lowest BCUT2D eigenvalue weighted by Gasteiger charge is -2.19. The number of nitrogens with one attached hydrogen (secondary N) is 2. The van der Waals surface area contributed by atoms with Crippen molar-refractivity contribution in [1.82, 2.24) is 9.97 Å². The highest BCUT2D eigenvalue weighted by Gasteiger charge is 2.19. The summed E-state index contributed by atoms with van der Waals surface area (Å²) in [6, 6.07) is 14.8. The van der Waals surface area contributed by atoms with Crippen molar-refractivity contribution < 1.29 is 13.9 Å². The molecule has 3 aromatic rings. The van der Waals surface area contributed by atoms with Gasteiger partial charge in [0.15, 0.2) is 0 Å². The van der Waals surface area contributed by atoms with E-state index in [1.54, 1.807) is 19.2 Å². The smallest absolute Gasteiger partial charge is 0.255 e. The first kappa shape index (κ1) is 22.4. The highest BCUT2D eigenvalue weighted by atomic mass is 19.1. The Hall–Kier alpha value is -3.32. The van der Waals surface area contributed by atoms with Crippen molar-refractivity contribution in [2.24, 2.45) is 0 Å². The summed E-state index contributed by atoms with van der Waals surface area (Å²) in [5.41, 5.74) is 2.70. The Morgan fingerprint density at radius 3 is 2.32 bits per heavy atom. The van der Waals surface area contributed by atoms with E-state index in [0.717, 1.165) is 22.9 Å². The van der Waals surface area contributed by atoms with Crippen molar-refractivity contribution in [1.29, 1.82) is 0 Å². The second-order valence-electron chi connectivity index (χ2n) is 8.26. The molecule has 0 aliphatic heterocycles. The van der Waals surface area contributed by atoms with Gasteiger partial charge in [-0.1, -0.05) is 32.9 Å². The average molecular weight is 423 g/mol. The molecular weight excluding hydrogens is 395 g/mol. The number of ether oxygens (including phenoxy) is 1. The molecule has 2 N–H and O–H groups in total. The lowest BCUT2D eigenvalue weighted by atomic mass is 9.95. The summed E-state index contributed by atoms with van der Waals surface area (Å²) < 4.78 is 18.2. The number of halogens is 1. The van der Waals surface area contributed by atoms with Gasteiger partial charge in [-0.05, 0) is 42.0 Å². The molecule has 0 spiro atoms. The first-order chi connectivity index (χ1) is 14.7. The molecule has 0 atom stereocenters. The van der Waals surface area contributed by atoms with E-state index in [0.29, 0.717) is 24.4 Å². The molecule has 1 heterocycles. The molecule has 31 heavy (non-hydrogen) atoms. The summed E-state index contributed by atoms with van der Waals surface area (Å²) >= 11 is 0. The Balaban J connectivity index is 1.65. The van der Waals surface area contributed by atoms with Gasteiger partial charge < -0.3 is 15.4 Å². The number of aromatic nitrogens is 2. The minimum Gasteiger partial charge on any atom is -0.378 e. The van der Waals surface area contributed by atoms with Crippen LogP contribution in [0.25, 0.3) is 0 Å². The maximum absolute atomic E-state index is 13.0. The highest BCUT2D eigenvalue weighted by molar-refractivity contribution is 6.04. The molecule has 0 radical (unpaired) electrons. The summed E-state index contributed by atoms with van der Waals surface area (Å²) in [7, 11) is 1.64. The summed E-state index contributed by atoms with van der Waals surface area (Å²) in [4.78, 5) is 21.6. The predicted molar refractivity (Wildman–Crippen MR) is 120 cm³/mol. The van der Waals surface area contributed by atoms with Crippen LogP contribution in [0.2, 0.25) is 0 Å². The fourth-order valence-electron chi connectivity index (χ4n) is 2.85. The van der Waals surface area contributed by atoms with E-state index in [9.17, 15) is 9.18 Å². The molecule has 0 aliphatic carbocycles. The number of amides is 1. The topological polar surface area (TPSA) is 76.1 Å². The third kappa shape index (κ3) is 6.33. The number of anilines is 2. The second-order valence-corrected chi connectivity index (χ2v) is 8.26. The molecule has 1 amide bonds. The van der Waals surface area contributed by atoms with Crippen LogP contribution in [0.3, 0.4) is 0 Å². The first-order valence-corrected chi connectivity index (χ1v) is 10.0. The van der Waals surface area contributed by atoms with Crippen LogP contribution in [0.15, 0.2) is 54.6 Å². The predicted octanol–water partition coefficient (Wildman–Crippen LogP) is 4.92. The van der Waals surface area contributed by atoms with Crippen LogP contribution in [0.4, 0.5) is 15.9 Å². The van der Waals surface area contributed by atoms with E-state index in [-0.39, 0.29) is 17.1 Å². The molecule has 0 unspecified atom stereocenters. The van der Waals surface area contributed by atoms with Crippen LogP contribution < -0.4 is 10.6 Å². The van der Waals surface area contributed by atoms with Crippen LogP contribution in [0.1, 0.15) is 48.2 Å². The van der Waals surface area contributed by atoms with E-state index in [2.05, 4.69) is 41.4 Å². The number of hydrogen-bond donors (Lipinski definition) is 2. The first-order valence-electron chi connectivity index (χ1n) is 10.0. The fraction of sp³-hybridized carbons (Fsp3) is 0.292. The van der Waals surface area contributed by atoms with Crippen LogP contribution in [-0.4, -0.2) is 23.0 Å². The van der Waals surface area contributed by atoms with Crippen molar-refractivity contribution in [2.45, 2.75) is 39.3 Å². The van der Waals surface area contributed by atoms with E-state index >= 15 is 0 Å². The Bertz CT molecular complexity index is 1030. The van der Waals surface area contributed by atoms with E-state index in [4.69, 9.17) is 4.74 Å². The third-order valence-corrected chi connectivity index (χ3v) is 4.53. The molecule has 0 fully saturated rings. The molecule has 0 bridgehead atoms. The van der Waals surface area contributed by atoms with Gasteiger partial charge in [0, 0.05) is 36.4 Å². The monoisotopic (exact) mass is 422 g/mol. The largest absolute Gasteiger partial charge is 0.378 e. The van der Waals surface area contributed by atoms with Crippen molar-refractivity contribution in [3.63, 3.8) is 0 Å². The molecule has 3 rings (SSSR count). The zero-order valence-corrected chi connectivity index (χ0v) is 18.2. The van der Waals surface area contributed by atoms with E-state index in [1.165, 1.54) is 24.3 Å². The fourth-order valence-corrected chi connectivity index (χ4v) is 2.85. The Morgan fingerprint density at radius 1 is 1.03 bits per heavy atom. The van der Waals surface area contributed by atoms with Gasteiger partial charge in [0.25, 0.3) is 5.91 Å². The Kier molecular flexibility index (Phi) is 6.97. The molecule has 2 aromatic carbocycles. The van der Waals surface area contributed by atoms with Gasteiger partial charge in [0.1, 0.15) is 17.5 Å². The lowest BCUT2D eigenvalue weighted by Crippen LogP contribution is -2.18. The van der Waals surface area contributed by atoms with Gasteiger partial charge in [-0.2, -0.15) is 0 Å². The van der Waals surface area contributed by atoms with Crippen LogP contribution >= 0.6 is 0 Å². The lowest BCUT2D eigenvalue weighted by molar-refractivity contribution is 0.102. The minimum absolute atomic E-state index is 0.181. The zero-order chi connectivity index (χ0) is 22.4. The maximum atomic E-state index is 13.0. The van der Waals surface area contributed by atoms with E-state index in [1.807, 2.05) is 18.2 Å². The summed E-state index contributed by atoms with van der Waals surface area (Å²) in [6.45, 7) is 7.17. The number of methoxy groups -OCH3 is 1. The normalized spacial score (nSPS) is 11.3. The van der Waals surface area contributed by atoms with Gasteiger partial charge in [-0.15, -0.1) is 0 Å². The van der Waals surface area contributed by atoms with Gasteiger partial charge >= 0.3 is 0 Å². The number of rotatable bonds is 7. The molecule has 7 heteroatoms. The van der Waals surface area contributed by atoms with Gasteiger partial charge in [-0.3, -0.25) is 4.79 Å². The van der Waals surface area contributed by atoms with Crippen molar-refractivity contribution >= 4 is 17.4 Å². The average Bonchev–Trinajstić information content (AvgIpc) is 2.74. The molecule has 6 nitrogen and oxygen atoms in total. The van der Waals surface area contributed by atoms with Gasteiger partial charge in [-0.25, -0.2) is 14.4 Å². The number of carbonyl (C=O) groups is 1. The molecule has 0 aliphatic rings. The van der Waals surface area contributed by atoms with Crippen LogP contribution in [0.5, 0.6) is 0 Å². The van der Waals surface area contributed by atoms with Crippen LogP contribution in [0, 0.1) is 5.82 Å². The Labute approximate surface area is 181 Å². The second kappa shape index (κ2) is 9.66. The maximum Gasteiger partial charge on any atom is 0.255 e. The van der Waals surface area contributed by atoms with Crippen molar-refractivity contribution in [3.8, 4) is 0 Å². The highest BCUT2D eigenvalue weighted by Crippen LogP contribution is 2.21. The third-order valence-electron chi connectivity index (χ3n) is 4.53. The molecule has 0 saturated heterocycles. The number of nitrogens with zero attached hydrogens (tertiary/aromatic N) is 2. The Morgan fingerprint density at radius 2 is 1.71 bits per heavy atom. The SMILES string of the molecule is COCc1cc(NCc2ccc(C(=O)Nc3ccc(F)cc3)cc2)nc(C(C)(C)C)n1. The molecule has 1 aromatic heterocycles. The van der Waals surface area contributed by atoms with Crippen molar-refractivity contribution in [3.05, 3.63) is 83.1 Å².